The van der Waals surface area contributed by atoms with Crippen LogP contribution in [0.3, 0.4) is 0 Å². The van der Waals surface area contributed by atoms with Crippen LogP contribution in [0.25, 0.3) is 0 Å². The third-order valence-corrected chi connectivity index (χ3v) is 2.96. The van der Waals surface area contributed by atoms with Crippen LogP contribution < -0.4 is 3.11 Å². The van der Waals surface area contributed by atoms with Crippen molar-refractivity contribution in [2.75, 3.05) is 9.66 Å². The first-order chi connectivity index (χ1) is 5.68. The first-order valence-corrected chi connectivity index (χ1v) is 4.56. The van der Waals surface area contributed by atoms with E-state index in [1.165, 1.54) is 12.1 Å². The number of fused-ring (bicyclic) bond motifs is 1. The minimum absolute atomic E-state index is 0.750. The van der Waals surface area contributed by atoms with Gasteiger partial charge in [-0.1, -0.05) is 0 Å². The number of halogens is 3. The molecule has 64 valence electrons. The normalized spacial score (nSPS) is 15.1. The third-order valence-electron chi connectivity index (χ3n) is 1.96. The van der Waals surface area contributed by atoms with E-state index in [1.54, 1.807) is 0 Å². The van der Waals surface area contributed by atoms with E-state index in [4.69, 9.17) is 0 Å². The Kier molecular flexibility index (Phi) is 1.94. The zero-order chi connectivity index (χ0) is 8.72. The molecule has 0 saturated heterocycles. The lowest BCUT2D eigenvalue weighted by Crippen LogP contribution is -2.03. The molecule has 1 nitrogen and oxygen atoms in total. The molecule has 0 radical (unpaired) electrons. The van der Waals surface area contributed by atoms with Crippen LogP contribution in [0.1, 0.15) is 5.56 Å². The highest BCUT2D eigenvalue weighted by Gasteiger charge is 2.19. The first kappa shape index (κ1) is 8.22. The molecule has 12 heavy (non-hydrogen) atoms. The summed E-state index contributed by atoms with van der Waals surface area (Å²) in [7, 11) is 0. The summed E-state index contributed by atoms with van der Waals surface area (Å²) in [6.45, 7) is 0.832. The Morgan fingerprint density at radius 1 is 1.25 bits per heavy atom. The van der Waals surface area contributed by atoms with Crippen molar-refractivity contribution in [3.8, 4) is 0 Å². The van der Waals surface area contributed by atoms with Crippen LogP contribution in [0.2, 0.25) is 0 Å². The first-order valence-electron chi connectivity index (χ1n) is 3.60. The lowest BCUT2D eigenvalue weighted by molar-refractivity contribution is 0.508. The fourth-order valence-corrected chi connectivity index (χ4v) is 2.03. The summed E-state index contributed by atoms with van der Waals surface area (Å²) in [4.78, 5) is 0. The maximum absolute atomic E-state index is 12.7. The van der Waals surface area contributed by atoms with E-state index in [1.807, 2.05) is 3.11 Å². The molecule has 1 aliphatic heterocycles. The van der Waals surface area contributed by atoms with E-state index in [0.717, 1.165) is 24.2 Å². The molecule has 1 heterocycles. The van der Waals surface area contributed by atoms with E-state index >= 15 is 0 Å². The van der Waals surface area contributed by atoms with E-state index in [0.29, 0.717) is 0 Å². The fraction of sp³-hybridized carbons (Fsp3) is 0.250. The molecular weight excluding hydrogens is 275 g/mol. The van der Waals surface area contributed by atoms with Gasteiger partial charge in [-0.3, -0.25) is 0 Å². The van der Waals surface area contributed by atoms with Gasteiger partial charge in [0.25, 0.3) is 0 Å². The van der Waals surface area contributed by atoms with Gasteiger partial charge in [0.15, 0.2) is 11.6 Å². The Hall–Kier alpha value is -0.390. The van der Waals surface area contributed by atoms with Crippen molar-refractivity contribution in [2.45, 2.75) is 6.42 Å². The summed E-state index contributed by atoms with van der Waals surface area (Å²) < 4.78 is 27.3. The number of anilines is 1. The standard InChI is InChI=1S/C8H6F2IN/c9-6-3-5-1-2-12(11)8(5)4-7(6)10/h3-4H,1-2H2. The summed E-state index contributed by atoms with van der Waals surface area (Å²) in [6.07, 6.45) is 0.801. The van der Waals surface area contributed by atoms with Crippen LogP contribution in [0, 0.1) is 11.6 Å². The van der Waals surface area contributed by atoms with Gasteiger partial charge < -0.3 is 3.11 Å². The van der Waals surface area contributed by atoms with Crippen molar-refractivity contribution in [1.82, 2.24) is 0 Å². The van der Waals surface area contributed by atoms with Gasteiger partial charge >= 0.3 is 0 Å². The molecule has 0 amide bonds. The van der Waals surface area contributed by atoms with E-state index < -0.39 is 11.6 Å². The minimum atomic E-state index is -0.766. The van der Waals surface area contributed by atoms with Crippen molar-refractivity contribution in [1.29, 1.82) is 0 Å². The van der Waals surface area contributed by atoms with Crippen LogP contribution in [0.4, 0.5) is 14.5 Å². The Morgan fingerprint density at radius 3 is 2.67 bits per heavy atom. The average Bonchev–Trinajstić information content (AvgIpc) is 2.35. The second kappa shape index (κ2) is 2.83. The van der Waals surface area contributed by atoms with E-state index in [-0.39, 0.29) is 0 Å². The molecular formula is C8H6F2IN. The van der Waals surface area contributed by atoms with Gasteiger partial charge in [0.2, 0.25) is 0 Å². The molecule has 0 atom stereocenters. The predicted molar refractivity (Wildman–Crippen MR) is 51.4 cm³/mol. The van der Waals surface area contributed by atoms with Crippen LogP contribution in [0.5, 0.6) is 0 Å². The Morgan fingerprint density at radius 2 is 1.92 bits per heavy atom. The second-order valence-corrected chi connectivity index (χ2v) is 3.90. The van der Waals surface area contributed by atoms with Gasteiger partial charge in [0, 0.05) is 12.6 Å². The van der Waals surface area contributed by atoms with Gasteiger partial charge in [-0.25, -0.2) is 8.78 Å². The van der Waals surface area contributed by atoms with Crippen LogP contribution in [0.15, 0.2) is 12.1 Å². The Balaban J connectivity index is 2.56. The molecule has 1 aromatic rings. The molecule has 0 aliphatic carbocycles. The third kappa shape index (κ3) is 1.18. The number of rotatable bonds is 0. The summed E-state index contributed by atoms with van der Waals surface area (Å²) in [5, 5.41) is 0. The van der Waals surface area contributed by atoms with Gasteiger partial charge in [0.05, 0.1) is 28.6 Å². The van der Waals surface area contributed by atoms with Gasteiger partial charge in [0.1, 0.15) is 0 Å². The van der Waals surface area contributed by atoms with Crippen molar-refractivity contribution < 1.29 is 8.78 Å². The Labute approximate surface area is 82.9 Å². The van der Waals surface area contributed by atoms with Gasteiger partial charge in [-0.15, -0.1) is 0 Å². The van der Waals surface area contributed by atoms with Gasteiger partial charge in [-0.2, -0.15) is 0 Å². The van der Waals surface area contributed by atoms with E-state index in [9.17, 15) is 8.78 Å². The molecule has 2 rings (SSSR count). The minimum Gasteiger partial charge on any atom is -0.314 e. The zero-order valence-electron chi connectivity index (χ0n) is 6.15. The summed E-state index contributed by atoms with van der Waals surface area (Å²) in [6, 6.07) is 2.54. The molecule has 0 fully saturated rings. The van der Waals surface area contributed by atoms with Crippen LogP contribution in [-0.4, -0.2) is 6.54 Å². The average molecular weight is 281 g/mol. The van der Waals surface area contributed by atoms with Crippen LogP contribution in [-0.2, 0) is 6.42 Å². The second-order valence-electron chi connectivity index (χ2n) is 2.73. The highest BCUT2D eigenvalue weighted by Crippen LogP contribution is 2.32. The number of benzene rings is 1. The number of nitrogens with zero attached hydrogens (tertiary/aromatic N) is 1. The molecule has 0 N–H and O–H groups in total. The molecule has 0 aromatic heterocycles. The summed E-state index contributed by atoms with van der Waals surface area (Å²) >= 11 is 2.10. The van der Waals surface area contributed by atoms with Crippen molar-refractivity contribution in [2.24, 2.45) is 0 Å². The number of hydrogen-bond donors (Lipinski definition) is 0. The fourth-order valence-electron chi connectivity index (χ4n) is 1.34. The van der Waals surface area contributed by atoms with Crippen molar-refractivity contribution >= 4 is 28.6 Å². The quantitative estimate of drug-likeness (QED) is 0.522. The summed E-state index contributed by atoms with van der Waals surface area (Å²) in [5.41, 5.74) is 1.69. The molecule has 0 spiro atoms. The van der Waals surface area contributed by atoms with Crippen molar-refractivity contribution in [3.63, 3.8) is 0 Å². The Bertz CT molecular complexity index is 327. The maximum Gasteiger partial charge on any atom is 0.160 e. The molecule has 4 heteroatoms. The zero-order valence-corrected chi connectivity index (χ0v) is 8.31. The number of hydrogen-bond acceptors (Lipinski definition) is 1. The predicted octanol–water partition coefficient (Wildman–Crippen LogP) is 2.68. The smallest absolute Gasteiger partial charge is 0.160 e. The molecule has 1 aromatic carbocycles. The van der Waals surface area contributed by atoms with E-state index in [2.05, 4.69) is 22.9 Å². The lowest BCUT2D eigenvalue weighted by atomic mass is 10.1. The molecule has 0 unspecified atom stereocenters. The topological polar surface area (TPSA) is 3.24 Å². The molecule has 1 aliphatic rings. The lowest BCUT2D eigenvalue weighted by Gasteiger charge is -2.08. The van der Waals surface area contributed by atoms with Gasteiger partial charge in [-0.05, 0) is 18.1 Å². The molecule has 0 saturated carbocycles. The highest BCUT2D eigenvalue weighted by molar-refractivity contribution is 14.1. The maximum atomic E-state index is 12.7. The highest BCUT2D eigenvalue weighted by atomic mass is 127. The van der Waals surface area contributed by atoms with Crippen LogP contribution >= 0.6 is 22.9 Å². The SMILES string of the molecule is Fc1cc2c(cc1F)N(I)CC2. The largest absolute Gasteiger partial charge is 0.314 e. The molecule has 0 bridgehead atoms. The monoisotopic (exact) mass is 281 g/mol. The van der Waals surface area contributed by atoms with Crippen molar-refractivity contribution in [3.05, 3.63) is 29.3 Å². The summed E-state index contributed by atoms with van der Waals surface area (Å²) in [5.74, 6) is -1.52.